The minimum atomic E-state index is -0.0849. The van der Waals surface area contributed by atoms with E-state index in [4.69, 9.17) is 9.47 Å². The Morgan fingerprint density at radius 1 is 1.16 bits per heavy atom. The summed E-state index contributed by atoms with van der Waals surface area (Å²) in [6, 6.07) is 8.79. The van der Waals surface area contributed by atoms with Crippen molar-refractivity contribution in [3.8, 4) is 0 Å². The lowest BCUT2D eigenvalue weighted by molar-refractivity contribution is 0.00843. The van der Waals surface area contributed by atoms with E-state index >= 15 is 0 Å². The summed E-state index contributed by atoms with van der Waals surface area (Å²) in [6.45, 7) is 7.95. The second kappa shape index (κ2) is 7.63. The monoisotopic (exact) mass is 265 g/mol. The Bertz CT molecular complexity index is 377. The minimum Gasteiger partial charge on any atom is -0.380 e. The molecule has 19 heavy (non-hydrogen) atoms. The zero-order chi connectivity index (χ0) is 14.3. The molecular weight excluding hydrogens is 238 g/mol. The maximum Gasteiger partial charge on any atom is 0.0716 e. The summed E-state index contributed by atoms with van der Waals surface area (Å²) in [7, 11) is 3.49. The first-order chi connectivity index (χ1) is 8.98. The third kappa shape index (κ3) is 5.72. The number of hydrogen-bond acceptors (Lipinski definition) is 3. The van der Waals surface area contributed by atoms with Gasteiger partial charge in [0.2, 0.25) is 0 Å². The molecule has 1 aromatic rings. The first kappa shape index (κ1) is 16.2. The number of ether oxygens (including phenoxy) is 2. The van der Waals surface area contributed by atoms with Crippen molar-refractivity contribution in [2.24, 2.45) is 0 Å². The van der Waals surface area contributed by atoms with Crippen LogP contribution in [0.15, 0.2) is 24.3 Å². The highest BCUT2D eigenvalue weighted by Crippen LogP contribution is 2.16. The van der Waals surface area contributed by atoms with E-state index in [2.05, 4.69) is 50.4 Å². The normalized spacial score (nSPS) is 13.5. The van der Waals surface area contributed by atoms with Crippen LogP contribution in [0, 0.1) is 0 Å². The molecule has 1 aromatic carbocycles. The quantitative estimate of drug-likeness (QED) is 0.783. The minimum absolute atomic E-state index is 0.0849. The highest BCUT2D eigenvalue weighted by Gasteiger charge is 2.19. The summed E-state index contributed by atoms with van der Waals surface area (Å²) in [4.78, 5) is 0. The molecule has 1 unspecified atom stereocenters. The summed E-state index contributed by atoms with van der Waals surface area (Å²) in [5.74, 6) is 0. The largest absolute Gasteiger partial charge is 0.380 e. The molecule has 0 saturated heterocycles. The van der Waals surface area contributed by atoms with Crippen LogP contribution in [-0.2, 0) is 22.6 Å². The molecule has 0 aliphatic carbocycles. The lowest BCUT2D eigenvalue weighted by atomic mass is 9.99. The van der Waals surface area contributed by atoms with Gasteiger partial charge in [-0.05, 0) is 38.3 Å². The Labute approximate surface area is 117 Å². The van der Waals surface area contributed by atoms with Gasteiger partial charge in [-0.25, -0.2) is 0 Å². The molecule has 0 saturated carbocycles. The van der Waals surface area contributed by atoms with Crippen molar-refractivity contribution in [1.82, 2.24) is 5.32 Å². The van der Waals surface area contributed by atoms with E-state index in [0.29, 0.717) is 12.6 Å². The van der Waals surface area contributed by atoms with Gasteiger partial charge < -0.3 is 14.8 Å². The molecule has 0 heterocycles. The summed E-state index contributed by atoms with van der Waals surface area (Å²) < 4.78 is 10.7. The number of benzene rings is 1. The van der Waals surface area contributed by atoms with Crippen molar-refractivity contribution in [1.29, 1.82) is 0 Å². The van der Waals surface area contributed by atoms with E-state index < -0.39 is 0 Å². The lowest BCUT2D eigenvalue weighted by Crippen LogP contribution is -2.35. The molecule has 1 rings (SSSR count). The van der Waals surface area contributed by atoms with Gasteiger partial charge in [-0.1, -0.05) is 24.3 Å². The zero-order valence-electron chi connectivity index (χ0n) is 12.8. The molecule has 1 N–H and O–H groups in total. The third-order valence-electron chi connectivity index (χ3n) is 3.41. The smallest absolute Gasteiger partial charge is 0.0716 e. The van der Waals surface area contributed by atoms with E-state index in [1.54, 1.807) is 14.2 Å². The van der Waals surface area contributed by atoms with Crippen molar-refractivity contribution in [2.75, 3.05) is 14.2 Å². The predicted molar refractivity (Wildman–Crippen MR) is 79.2 cm³/mol. The lowest BCUT2D eigenvalue weighted by Gasteiger charge is -2.27. The van der Waals surface area contributed by atoms with Crippen LogP contribution in [0.3, 0.4) is 0 Å². The highest BCUT2D eigenvalue weighted by molar-refractivity contribution is 5.26. The summed E-state index contributed by atoms with van der Waals surface area (Å²) in [5, 5.41) is 3.55. The van der Waals surface area contributed by atoms with E-state index in [1.165, 1.54) is 11.1 Å². The average molecular weight is 265 g/mol. The SMILES string of the molecule is COCc1ccccc1CNC(C)CC(C)(C)OC. The molecule has 0 amide bonds. The molecule has 3 heteroatoms. The Hall–Kier alpha value is -0.900. The van der Waals surface area contributed by atoms with Crippen LogP contribution < -0.4 is 5.32 Å². The van der Waals surface area contributed by atoms with E-state index in [1.807, 2.05) is 0 Å². The van der Waals surface area contributed by atoms with Gasteiger partial charge in [0.25, 0.3) is 0 Å². The highest BCUT2D eigenvalue weighted by atomic mass is 16.5. The zero-order valence-corrected chi connectivity index (χ0v) is 12.8. The number of hydrogen-bond donors (Lipinski definition) is 1. The van der Waals surface area contributed by atoms with Gasteiger partial charge >= 0.3 is 0 Å². The van der Waals surface area contributed by atoms with Crippen LogP contribution in [-0.4, -0.2) is 25.9 Å². The molecular formula is C16H27NO2. The average Bonchev–Trinajstić information content (AvgIpc) is 2.38. The molecule has 0 aliphatic rings. The van der Waals surface area contributed by atoms with Gasteiger partial charge in [-0.2, -0.15) is 0 Å². The van der Waals surface area contributed by atoms with Crippen LogP contribution >= 0.6 is 0 Å². The van der Waals surface area contributed by atoms with Crippen LogP contribution in [0.5, 0.6) is 0 Å². The number of nitrogens with one attached hydrogen (secondary N) is 1. The van der Waals surface area contributed by atoms with Crippen molar-refractivity contribution < 1.29 is 9.47 Å². The van der Waals surface area contributed by atoms with E-state index in [-0.39, 0.29) is 5.60 Å². The van der Waals surface area contributed by atoms with Gasteiger partial charge in [0.05, 0.1) is 12.2 Å². The molecule has 3 nitrogen and oxygen atoms in total. The molecule has 0 aromatic heterocycles. The van der Waals surface area contributed by atoms with E-state index in [0.717, 1.165) is 13.0 Å². The van der Waals surface area contributed by atoms with Crippen LogP contribution in [0.4, 0.5) is 0 Å². The first-order valence-corrected chi connectivity index (χ1v) is 6.83. The first-order valence-electron chi connectivity index (χ1n) is 6.83. The van der Waals surface area contributed by atoms with Gasteiger partial charge in [-0.15, -0.1) is 0 Å². The standard InChI is InChI=1S/C16H27NO2/c1-13(10-16(2,3)19-5)17-11-14-8-6-7-9-15(14)12-18-4/h6-9,13,17H,10-12H2,1-5H3. The fraction of sp³-hybridized carbons (Fsp3) is 0.625. The summed E-state index contributed by atoms with van der Waals surface area (Å²) in [5.41, 5.74) is 2.46. The Balaban J connectivity index is 2.52. The van der Waals surface area contributed by atoms with Crippen molar-refractivity contribution >= 4 is 0 Å². The van der Waals surface area contributed by atoms with E-state index in [9.17, 15) is 0 Å². The fourth-order valence-electron chi connectivity index (χ4n) is 2.20. The van der Waals surface area contributed by atoms with Crippen molar-refractivity contribution in [2.45, 2.75) is 52.0 Å². The second-order valence-electron chi connectivity index (χ2n) is 5.65. The maximum absolute atomic E-state index is 5.46. The topological polar surface area (TPSA) is 30.5 Å². The Morgan fingerprint density at radius 2 is 1.79 bits per heavy atom. The molecule has 0 fully saturated rings. The fourth-order valence-corrected chi connectivity index (χ4v) is 2.20. The molecule has 0 aliphatic heterocycles. The Kier molecular flexibility index (Phi) is 6.49. The number of rotatable bonds is 8. The van der Waals surface area contributed by atoms with Gasteiger partial charge in [-0.3, -0.25) is 0 Å². The molecule has 108 valence electrons. The van der Waals surface area contributed by atoms with Gasteiger partial charge in [0.1, 0.15) is 0 Å². The second-order valence-corrected chi connectivity index (χ2v) is 5.65. The van der Waals surface area contributed by atoms with Crippen LogP contribution in [0.25, 0.3) is 0 Å². The van der Waals surface area contributed by atoms with Crippen molar-refractivity contribution in [3.05, 3.63) is 35.4 Å². The molecule has 0 radical (unpaired) electrons. The molecule has 0 bridgehead atoms. The molecule has 1 atom stereocenters. The number of methoxy groups -OCH3 is 2. The molecule has 0 spiro atoms. The van der Waals surface area contributed by atoms with Gasteiger partial charge in [0, 0.05) is 26.8 Å². The predicted octanol–water partition coefficient (Wildman–Crippen LogP) is 3.13. The third-order valence-corrected chi connectivity index (χ3v) is 3.41. The Morgan fingerprint density at radius 3 is 2.37 bits per heavy atom. The van der Waals surface area contributed by atoms with Crippen LogP contribution in [0.1, 0.15) is 38.3 Å². The maximum atomic E-state index is 5.46. The van der Waals surface area contributed by atoms with Crippen molar-refractivity contribution in [3.63, 3.8) is 0 Å². The van der Waals surface area contributed by atoms with Gasteiger partial charge in [0.15, 0.2) is 0 Å². The summed E-state index contributed by atoms with van der Waals surface area (Å²) >= 11 is 0. The summed E-state index contributed by atoms with van der Waals surface area (Å²) in [6.07, 6.45) is 0.982. The van der Waals surface area contributed by atoms with Crippen LogP contribution in [0.2, 0.25) is 0 Å².